The molecule has 3 rings (SSSR count). The Hall–Kier alpha value is -2.11. The lowest BCUT2D eigenvalue weighted by Crippen LogP contribution is -2.36. The van der Waals surface area contributed by atoms with Crippen LogP contribution in [-0.4, -0.2) is 20.0 Å². The molecule has 0 fully saturated rings. The van der Waals surface area contributed by atoms with Crippen LogP contribution in [0.5, 0.6) is 0 Å². The maximum absolute atomic E-state index is 12.7. The summed E-state index contributed by atoms with van der Waals surface area (Å²) in [4.78, 5) is 26.8. The number of carbonyl (C=O) groups excluding carboxylic acids is 2. The first-order chi connectivity index (χ1) is 12.2. The molecule has 1 unspecified atom stereocenters. The van der Waals surface area contributed by atoms with Crippen LogP contribution in [0, 0.1) is 0 Å². The number of ether oxygens (including phenoxy) is 1. The summed E-state index contributed by atoms with van der Waals surface area (Å²) >= 11 is 6.00. The fourth-order valence-corrected chi connectivity index (χ4v) is 4.11. The van der Waals surface area contributed by atoms with Gasteiger partial charge in [0.2, 0.25) is 12.1 Å². The van der Waals surface area contributed by atoms with E-state index in [4.69, 9.17) is 16.3 Å². The molecule has 0 aliphatic carbocycles. The summed E-state index contributed by atoms with van der Waals surface area (Å²) < 4.78 is 5.82. The Morgan fingerprint density at radius 1 is 1.15 bits per heavy atom. The first-order valence-corrected chi connectivity index (χ1v) is 12.7. The SMILES string of the molecule is C[Si](C)(C)CC(=O)OC(c1ccc(Cl)cc1)N1C(=O)Cc2ccccc21. The molecule has 0 saturated carbocycles. The molecule has 0 saturated heterocycles. The van der Waals surface area contributed by atoms with Crippen LogP contribution >= 0.6 is 11.6 Å². The van der Waals surface area contributed by atoms with E-state index in [1.165, 1.54) is 0 Å². The number of esters is 1. The molecule has 2 aromatic carbocycles. The van der Waals surface area contributed by atoms with Gasteiger partial charge in [0, 0.05) is 16.6 Å². The van der Waals surface area contributed by atoms with Gasteiger partial charge in [-0.2, -0.15) is 0 Å². The molecular weight excluding hydrogens is 366 g/mol. The molecule has 2 aromatic rings. The number of hydrogen-bond donors (Lipinski definition) is 0. The number of halogens is 1. The Bertz CT molecular complexity index is 830. The molecule has 0 spiro atoms. The lowest BCUT2D eigenvalue weighted by molar-refractivity contribution is -0.147. The van der Waals surface area contributed by atoms with Gasteiger partial charge in [0.25, 0.3) is 0 Å². The second-order valence-corrected chi connectivity index (χ2v) is 13.6. The molecule has 4 nitrogen and oxygen atoms in total. The van der Waals surface area contributed by atoms with Crippen LogP contribution in [-0.2, 0) is 20.7 Å². The number of benzene rings is 2. The second-order valence-electron chi connectivity index (χ2n) is 7.70. The molecule has 1 amide bonds. The number of para-hydroxylation sites is 1. The average molecular weight is 388 g/mol. The lowest BCUT2D eigenvalue weighted by atomic mass is 10.1. The van der Waals surface area contributed by atoms with E-state index < -0.39 is 14.3 Å². The fraction of sp³-hybridized carbons (Fsp3) is 0.300. The predicted octanol–water partition coefficient (Wildman–Crippen LogP) is 4.81. The predicted molar refractivity (Wildman–Crippen MR) is 106 cm³/mol. The summed E-state index contributed by atoms with van der Waals surface area (Å²) in [5.41, 5.74) is 2.46. The molecule has 0 aromatic heterocycles. The van der Waals surface area contributed by atoms with Crippen molar-refractivity contribution in [1.29, 1.82) is 0 Å². The van der Waals surface area contributed by atoms with E-state index in [-0.39, 0.29) is 11.9 Å². The Labute approximate surface area is 159 Å². The van der Waals surface area contributed by atoms with Gasteiger partial charge in [-0.25, -0.2) is 0 Å². The zero-order valence-corrected chi connectivity index (χ0v) is 16.9. The molecule has 1 aliphatic rings. The van der Waals surface area contributed by atoms with Crippen LogP contribution in [0.15, 0.2) is 48.5 Å². The monoisotopic (exact) mass is 387 g/mol. The topological polar surface area (TPSA) is 46.6 Å². The molecule has 0 N–H and O–H groups in total. The fourth-order valence-electron chi connectivity index (χ4n) is 3.03. The first kappa shape index (κ1) is 18.7. The maximum Gasteiger partial charge on any atom is 0.305 e. The maximum atomic E-state index is 12.7. The molecular formula is C20H22ClNO3Si. The number of carbonyl (C=O) groups is 2. The smallest absolute Gasteiger partial charge is 0.305 e. The van der Waals surface area contributed by atoms with Gasteiger partial charge in [0.15, 0.2) is 0 Å². The second kappa shape index (κ2) is 7.25. The highest BCUT2D eigenvalue weighted by Gasteiger charge is 2.36. The Balaban J connectivity index is 1.97. The van der Waals surface area contributed by atoms with Gasteiger partial charge in [-0.05, 0) is 23.8 Å². The van der Waals surface area contributed by atoms with Gasteiger partial charge in [-0.15, -0.1) is 0 Å². The van der Waals surface area contributed by atoms with E-state index in [9.17, 15) is 9.59 Å². The third-order valence-electron chi connectivity index (χ3n) is 4.17. The summed E-state index contributed by atoms with van der Waals surface area (Å²) in [6, 6.07) is 15.1. The number of fused-ring (bicyclic) bond motifs is 1. The van der Waals surface area contributed by atoms with Crippen LogP contribution in [0.1, 0.15) is 17.4 Å². The zero-order chi connectivity index (χ0) is 18.9. The summed E-state index contributed by atoms with van der Waals surface area (Å²) in [5, 5.41) is 0.592. The first-order valence-electron chi connectivity index (χ1n) is 8.59. The molecule has 1 atom stereocenters. The van der Waals surface area contributed by atoms with Crippen LogP contribution in [0.4, 0.5) is 5.69 Å². The van der Waals surface area contributed by atoms with Gasteiger partial charge < -0.3 is 4.74 Å². The number of rotatable bonds is 5. The number of anilines is 1. The van der Waals surface area contributed by atoms with E-state index in [1.54, 1.807) is 29.2 Å². The standard InChI is InChI=1S/C20H22ClNO3Si/c1-26(2,3)13-19(24)25-20(14-8-10-16(21)11-9-14)22-17-7-5-4-6-15(17)12-18(22)23/h4-11,20H,12-13H2,1-3H3. The van der Waals surface area contributed by atoms with E-state index in [1.807, 2.05) is 24.3 Å². The molecule has 1 aliphatic heterocycles. The minimum atomic E-state index is -1.62. The van der Waals surface area contributed by atoms with Crippen molar-refractivity contribution in [3.8, 4) is 0 Å². The van der Waals surface area contributed by atoms with E-state index >= 15 is 0 Å². The normalized spacial score (nSPS) is 14.9. The van der Waals surface area contributed by atoms with E-state index in [2.05, 4.69) is 19.6 Å². The number of nitrogens with zero attached hydrogens (tertiary/aromatic N) is 1. The Morgan fingerprint density at radius 3 is 2.46 bits per heavy atom. The van der Waals surface area contributed by atoms with Gasteiger partial charge in [0.1, 0.15) is 0 Å². The van der Waals surface area contributed by atoms with Crippen molar-refractivity contribution in [3.05, 3.63) is 64.7 Å². The average Bonchev–Trinajstić information content (AvgIpc) is 2.87. The van der Waals surface area contributed by atoms with Crippen LogP contribution in [0.25, 0.3) is 0 Å². The highest BCUT2D eigenvalue weighted by Crippen LogP contribution is 2.37. The van der Waals surface area contributed by atoms with Crippen molar-refractivity contribution in [3.63, 3.8) is 0 Å². The summed E-state index contributed by atoms with van der Waals surface area (Å²) in [5.74, 6) is -0.353. The molecule has 26 heavy (non-hydrogen) atoms. The van der Waals surface area contributed by atoms with E-state index in [0.29, 0.717) is 17.5 Å². The molecule has 136 valence electrons. The summed E-state index contributed by atoms with van der Waals surface area (Å²) in [7, 11) is -1.62. The Kier molecular flexibility index (Phi) is 5.21. The van der Waals surface area contributed by atoms with Crippen molar-refractivity contribution < 1.29 is 14.3 Å². The van der Waals surface area contributed by atoms with Crippen molar-refractivity contribution in [2.45, 2.75) is 38.3 Å². The van der Waals surface area contributed by atoms with Crippen LogP contribution in [0.3, 0.4) is 0 Å². The van der Waals surface area contributed by atoms with Crippen molar-refractivity contribution in [2.24, 2.45) is 0 Å². The third-order valence-corrected chi connectivity index (χ3v) is 5.77. The third kappa shape index (κ3) is 4.16. The van der Waals surface area contributed by atoms with Gasteiger partial charge >= 0.3 is 5.97 Å². The van der Waals surface area contributed by atoms with E-state index in [0.717, 1.165) is 16.8 Å². The van der Waals surface area contributed by atoms with Crippen molar-refractivity contribution in [1.82, 2.24) is 0 Å². The van der Waals surface area contributed by atoms with Crippen molar-refractivity contribution >= 4 is 37.2 Å². The minimum absolute atomic E-state index is 0.0769. The van der Waals surface area contributed by atoms with Gasteiger partial charge in [0.05, 0.1) is 20.2 Å². The van der Waals surface area contributed by atoms with Crippen LogP contribution in [0.2, 0.25) is 30.7 Å². The zero-order valence-electron chi connectivity index (χ0n) is 15.2. The minimum Gasteiger partial charge on any atom is -0.437 e. The molecule has 0 radical (unpaired) electrons. The summed E-state index contributed by atoms with van der Waals surface area (Å²) in [6.07, 6.45) is -0.474. The van der Waals surface area contributed by atoms with Crippen molar-refractivity contribution in [2.75, 3.05) is 4.90 Å². The molecule has 6 heteroatoms. The van der Waals surface area contributed by atoms with Crippen LogP contribution < -0.4 is 4.90 Å². The number of hydrogen-bond acceptors (Lipinski definition) is 3. The molecule has 0 bridgehead atoms. The lowest BCUT2D eigenvalue weighted by Gasteiger charge is -2.29. The van der Waals surface area contributed by atoms with Gasteiger partial charge in [-0.1, -0.05) is 61.6 Å². The highest BCUT2D eigenvalue weighted by molar-refractivity contribution is 6.78. The number of amides is 1. The summed E-state index contributed by atoms with van der Waals surface area (Å²) in [6.45, 7) is 6.34. The largest absolute Gasteiger partial charge is 0.437 e. The van der Waals surface area contributed by atoms with Gasteiger partial charge in [-0.3, -0.25) is 14.5 Å². The highest BCUT2D eigenvalue weighted by atomic mass is 35.5. The Morgan fingerprint density at radius 2 is 1.81 bits per heavy atom. The quantitative estimate of drug-likeness (QED) is 0.546. The molecule has 1 heterocycles.